The van der Waals surface area contributed by atoms with Gasteiger partial charge in [-0.25, -0.2) is 4.79 Å². The third kappa shape index (κ3) is 3.91. The van der Waals surface area contributed by atoms with Gasteiger partial charge in [-0.2, -0.15) is 0 Å². The van der Waals surface area contributed by atoms with Crippen molar-refractivity contribution in [3.8, 4) is 0 Å². The van der Waals surface area contributed by atoms with Crippen molar-refractivity contribution in [3.63, 3.8) is 0 Å². The number of urea groups is 1. The van der Waals surface area contributed by atoms with Gasteiger partial charge in [-0.1, -0.05) is 44.0 Å². The highest BCUT2D eigenvalue weighted by molar-refractivity contribution is 6.09. The Morgan fingerprint density at radius 1 is 1.23 bits per heavy atom. The van der Waals surface area contributed by atoms with Crippen molar-refractivity contribution in [2.24, 2.45) is 5.92 Å². The van der Waals surface area contributed by atoms with E-state index in [1.54, 1.807) is 4.90 Å². The maximum Gasteiger partial charge on any atom is 0.327 e. The zero-order valence-corrected chi connectivity index (χ0v) is 18.1. The minimum absolute atomic E-state index is 0.0150. The average molecular weight is 428 g/mol. The molecule has 1 saturated carbocycles. The van der Waals surface area contributed by atoms with E-state index in [2.05, 4.69) is 11.4 Å². The first-order valence-electron chi connectivity index (χ1n) is 11.0. The maximum absolute atomic E-state index is 13.0. The van der Waals surface area contributed by atoms with Crippen LogP contribution < -0.4 is 5.32 Å². The SMILES string of the molecule is C[C@H](OC(=O)CN1C(=O)N[C@]2(CCCC[C@H]2C)C1=O)C(=O)N1CCc2ccccc2C1. The molecular formula is C23H29N3O5. The number of amides is 4. The summed E-state index contributed by atoms with van der Waals surface area (Å²) in [6.45, 7) is 4.03. The number of nitrogens with zero attached hydrogens (tertiary/aromatic N) is 2. The Hall–Kier alpha value is -2.90. The number of imide groups is 1. The van der Waals surface area contributed by atoms with Gasteiger partial charge in [-0.05, 0) is 43.2 Å². The average Bonchev–Trinajstić information content (AvgIpc) is 2.99. The Morgan fingerprint density at radius 3 is 2.71 bits per heavy atom. The molecule has 1 aromatic rings. The fourth-order valence-electron chi connectivity index (χ4n) is 4.99. The number of carbonyl (C=O) groups excluding carboxylic acids is 4. The fourth-order valence-corrected chi connectivity index (χ4v) is 4.99. The summed E-state index contributed by atoms with van der Waals surface area (Å²) in [5.41, 5.74) is 1.39. The maximum atomic E-state index is 13.0. The van der Waals surface area contributed by atoms with E-state index < -0.39 is 30.2 Å². The van der Waals surface area contributed by atoms with Crippen LogP contribution in [0.4, 0.5) is 4.79 Å². The molecule has 0 radical (unpaired) electrons. The Kier molecular flexibility index (Phi) is 5.73. The molecule has 1 aliphatic carbocycles. The smallest absolute Gasteiger partial charge is 0.327 e. The van der Waals surface area contributed by atoms with Crippen LogP contribution in [0.2, 0.25) is 0 Å². The van der Waals surface area contributed by atoms with Gasteiger partial charge in [-0.3, -0.25) is 19.3 Å². The lowest BCUT2D eigenvalue weighted by molar-refractivity contribution is -0.161. The Labute approximate surface area is 181 Å². The molecule has 1 aromatic carbocycles. The molecule has 4 amide bonds. The number of fused-ring (bicyclic) bond motifs is 1. The molecule has 2 heterocycles. The van der Waals surface area contributed by atoms with E-state index >= 15 is 0 Å². The number of nitrogens with one attached hydrogen (secondary N) is 1. The predicted molar refractivity (Wildman–Crippen MR) is 112 cm³/mol. The molecule has 3 aliphatic rings. The van der Waals surface area contributed by atoms with Crippen molar-refractivity contribution in [1.82, 2.24) is 15.1 Å². The lowest BCUT2D eigenvalue weighted by Gasteiger charge is -2.36. The van der Waals surface area contributed by atoms with Gasteiger partial charge in [0, 0.05) is 13.1 Å². The summed E-state index contributed by atoms with van der Waals surface area (Å²) in [4.78, 5) is 53.3. The van der Waals surface area contributed by atoms with Crippen LogP contribution in [0, 0.1) is 5.92 Å². The predicted octanol–water partition coefficient (Wildman–Crippen LogP) is 2.00. The molecule has 4 rings (SSSR count). The van der Waals surface area contributed by atoms with Crippen LogP contribution in [-0.2, 0) is 32.1 Å². The lowest BCUT2D eigenvalue weighted by atomic mass is 9.73. The number of carbonyl (C=O) groups is 4. The third-order valence-corrected chi connectivity index (χ3v) is 6.89. The standard InChI is InChI=1S/C23H29N3O5/c1-15-7-5-6-11-23(15)21(29)26(22(30)24-23)14-19(27)31-16(2)20(28)25-12-10-17-8-3-4-9-18(17)13-25/h3-4,8-9,15-16H,5-7,10-14H2,1-2H3,(H,24,30)/t15-,16+,23+/m1/s1. The van der Waals surface area contributed by atoms with Crippen LogP contribution in [0.15, 0.2) is 24.3 Å². The molecule has 2 fully saturated rings. The van der Waals surface area contributed by atoms with Crippen LogP contribution in [0.3, 0.4) is 0 Å². The summed E-state index contributed by atoms with van der Waals surface area (Å²) in [5.74, 6) is -1.39. The first kappa shape index (κ1) is 21.3. The molecule has 3 atom stereocenters. The molecular weight excluding hydrogens is 398 g/mol. The summed E-state index contributed by atoms with van der Waals surface area (Å²) in [6.07, 6.45) is 3.09. The highest BCUT2D eigenvalue weighted by Crippen LogP contribution is 2.38. The van der Waals surface area contributed by atoms with E-state index in [1.807, 2.05) is 25.1 Å². The molecule has 8 nitrogen and oxygen atoms in total. The van der Waals surface area contributed by atoms with Crippen molar-refractivity contribution in [3.05, 3.63) is 35.4 Å². The second-order valence-electron chi connectivity index (χ2n) is 8.85. The first-order valence-corrected chi connectivity index (χ1v) is 11.0. The molecule has 0 aromatic heterocycles. The molecule has 0 bridgehead atoms. The number of hydrogen-bond donors (Lipinski definition) is 1. The fraction of sp³-hybridized carbons (Fsp3) is 0.565. The molecule has 1 spiro atoms. The molecule has 166 valence electrons. The monoisotopic (exact) mass is 427 g/mol. The lowest BCUT2D eigenvalue weighted by Crippen LogP contribution is -2.54. The van der Waals surface area contributed by atoms with Crippen LogP contribution >= 0.6 is 0 Å². The van der Waals surface area contributed by atoms with Gasteiger partial charge in [0.05, 0.1) is 0 Å². The van der Waals surface area contributed by atoms with Crippen LogP contribution in [0.5, 0.6) is 0 Å². The summed E-state index contributed by atoms with van der Waals surface area (Å²) >= 11 is 0. The van der Waals surface area contributed by atoms with Crippen LogP contribution in [0.25, 0.3) is 0 Å². The quantitative estimate of drug-likeness (QED) is 0.586. The molecule has 8 heteroatoms. The van der Waals surface area contributed by atoms with Crippen LogP contribution in [0.1, 0.15) is 50.7 Å². The largest absolute Gasteiger partial charge is 0.451 e. The van der Waals surface area contributed by atoms with Gasteiger partial charge in [0.25, 0.3) is 11.8 Å². The highest BCUT2D eigenvalue weighted by Gasteiger charge is 2.55. The van der Waals surface area contributed by atoms with Crippen molar-refractivity contribution < 1.29 is 23.9 Å². The summed E-state index contributed by atoms with van der Waals surface area (Å²) < 4.78 is 5.31. The van der Waals surface area contributed by atoms with E-state index in [-0.39, 0.29) is 17.7 Å². The molecule has 2 aliphatic heterocycles. The summed E-state index contributed by atoms with van der Waals surface area (Å²) in [7, 11) is 0. The number of benzene rings is 1. The Balaban J connectivity index is 1.35. The normalized spacial score (nSPS) is 26.5. The van der Waals surface area contributed by atoms with E-state index in [0.29, 0.717) is 19.5 Å². The van der Waals surface area contributed by atoms with Gasteiger partial charge >= 0.3 is 12.0 Å². The van der Waals surface area contributed by atoms with E-state index in [1.165, 1.54) is 12.5 Å². The second kappa shape index (κ2) is 8.32. The summed E-state index contributed by atoms with van der Waals surface area (Å²) in [5, 5.41) is 2.82. The summed E-state index contributed by atoms with van der Waals surface area (Å²) in [6, 6.07) is 7.40. The number of ether oxygens (including phenoxy) is 1. The van der Waals surface area contributed by atoms with Crippen LogP contribution in [-0.4, -0.2) is 58.3 Å². The van der Waals surface area contributed by atoms with Gasteiger partial charge in [0.15, 0.2) is 6.10 Å². The molecule has 1 saturated heterocycles. The Morgan fingerprint density at radius 2 is 1.97 bits per heavy atom. The molecule has 1 N–H and O–H groups in total. The number of rotatable bonds is 4. The number of hydrogen-bond acceptors (Lipinski definition) is 5. The first-order chi connectivity index (χ1) is 14.8. The minimum Gasteiger partial charge on any atom is -0.451 e. The third-order valence-electron chi connectivity index (χ3n) is 6.89. The topological polar surface area (TPSA) is 96.0 Å². The zero-order chi connectivity index (χ0) is 22.2. The van der Waals surface area contributed by atoms with Crippen molar-refractivity contribution >= 4 is 23.8 Å². The molecule has 31 heavy (non-hydrogen) atoms. The molecule has 0 unspecified atom stereocenters. The Bertz CT molecular complexity index is 916. The van der Waals surface area contributed by atoms with Gasteiger partial charge < -0.3 is 15.0 Å². The van der Waals surface area contributed by atoms with E-state index in [0.717, 1.165) is 36.1 Å². The second-order valence-corrected chi connectivity index (χ2v) is 8.85. The van der Waals surface area contributed by atoms with Crippen molar-refractivity contribution in [2.45, 2.75) is 64.1 Å². The zero-order valence-electron chi connectivity index (χ0n) is 18.1. The van der Waals surface area contributed by atoms with Gasteiger partial charge in [-0.15, -0.1) is 0 Å². The van der Waals surface area contributed by atoms with E-state index in [4.69, 9.17) is 4.74 Å². The number of esters is 1. The van der Waals surface area contributed by atoms with Gasteiger partial charge in [0.1, 0.15) is 12.1 Å². The van der Waals surface area contributed by atoms with Gasteiger partial charge in [0.2, 0.25) is 0 Å². The highest BCUT2D eigenvalue weighted by atomic mass is 16.5. The minimum atomic E-state index is -0.985. The van der Waals surface area contributed by atoms with Crippen molar-refractivity contribution in [2.75, 3.05) is 13.1 Å². The van der Waals surface area contributed by atoms with Crippen molar-refractivity contribution in [1.29, 1.82) is 0 Å². The van der Waals surface area contributed by atoms with E-state index in [9.17, 15) is 19.2 Å².